The van der Waals surface area contributed by atoms with Crippen molar-refractivity contribution in [2.45, 2.75) is 19.8 Å². The van der Waals surface area contributed by atoms with Crippen molar-refractivity contribution in [2.75, 3.05) is 0 Å². The number of rotatable bonds is 1. The fraction of sp³-hybridized carbons (Fsp3) is 0.333. The molecular weight excluding hydrogens is 136 g/mol. The van der Waals surface area contributed by atoms with Crippen LogP contribution in [0.15, 0.2) is 24.3 Å². The molecule has 0 amide bonds. The van der Waals surface area contributed by atoms with Crippen LogP contribution in [0.1, 0.15) is 25.3 Å². The van der Waals surface area contributed by atoms with Crippen molar-refractivity contribution in [3.05, 3.63) is 34.8 Å². The Bertz CT molecular complexity index is 267. The quantitative estimate of drug-likeness (QED) is 0.560. The lowest BCUT2D eigenvalue weighted by Crippen LogP contribution is -1.83. The molecule has 0 N–H and O–H groups in total. The molecule has 0 saturated heterocycles. The van der Waals surface area contributed by atoms with Crippen molar-refractivity contribution < 1.29 is 0 Å². The summed E-state index contributed by atoms with van der Waals surface area (Å²) in [5, 5.41) is 8.39. The first-order valence-corrected chi connectivity index (χ1v) is 3.69. The maximum Gasteiger partial charge on any atom is 0.385 e. The fourth-order valence-electron chi connectivity index (χ4n) is 0.926. The molecule has 0 radical (unpaired) electrons. The van der Waals surface area contributed by atoms with Gasteiger partial charge in [-0.15, -0.1) is 0 Å². The van der Waals surface area contributed by atoms with Crippen LogP contribution in [0, 0.1) is 5.39 Å². The highest BCUT2D eigenvalue weighted by molar-refractivity contribution is 5.45. The van der Waals surface area contributed by atoms with Gasteiger partial charge in [-0.1, -0.05) is 26.0 Å². The Balaban J connectivity index is 2.94. The highest BCUT2D eigenvalue weighted by Gasteiger charge is 2.03. The summed E-state index contributed by atoms with van der Waals surface area (Å²) >= 11 is 0. The molecule has 2 heteroatoms. The van der Waals surface area contributed by atoms with E-state index in [0.29, 0.717) is 11.6 Å². The Labute approximate surface area is 66.5 Å². The third-order valence-electron chi connectivity index (χ3n) is 1.68. The van der Waals surface area contributed by atoms with E-state index in [1.165, 1.54) is 5.56 Å². The summed E-state index contributed by atoms with van der Waals surface area (Å²) in [6, 6.07) is 7.55. The third kappa shape index (κ3) is 1.78. The van der Waals surface area contributed by atoms with E-state index in [0.717, 1.165) is 0 Å². The van der Waals surface area contributed by atoms with Gasteiger partial charge in [0.25, 0.3) is 0 Å². The van der Waals surface area contributed by atoms with Crippen LogP contribution >= 0.6 is 0 Å². The van der Waals surface area contributed by atoms with Crippen LogP contribution in [0.5, 0.6) is 0 Å². The van der Waals surface area contributed by atoms with Crippen molar-refractivity contribution in [2.24, 2.45) is 0 Å². The molecule has 0 atom stereocenters. The molecule has 0 spiro atoms. The molecule has 1 aromatic carbocycles. The summed E-state index contributed by atoms with van der Waals surface area (Å²) in [5.74, 6) is 0.530. The van der Waals surface area contributed by atoms with Gasteiger partial charge < -0.3 is 0 Å². The zero-order chi connectivity index (χ0) is 8.27. The number of hydrogen-bond acceptors (Lipinski definition) is 1. The van der Waals surface area contributed by atoms with Crippen molar-refractivity contribution in [3.63, 3.8) is 0 Å². The van der Waals surface area contributed by atoms with Gasteiger partial charge in [-0.05, 0) is 11.5 Å². The average molecular weight is 147 g/mol. The van der Waals surface area contributed by atoms with E-state index in [4.69, 9.17) is 5.39 Å². The minimum Gasteiger partial charge on any atom is -0.0587 e. The molecule has 56 valence electrons. The normalized spacial score (nSPS) is 9.64. The second kappa shape index (κ2) is 3.16. The van der Waals surface area contributed by atoms with Crippen LogP contribution < -0.4 is 0 Å². The van der Waals surface area contributed by atoms with E-state index < -0.39 is 0 Å². The van der Waals surface area contributed by atoms with E-state index >= 15 is 0 Å². The van der Waals surface area contributed by atoms with Crippen molar-refractivity contribution in [1.82, 2.24) is 0 Å². The molecule has 0 bridgehead atoms. The molecular formula is C9H11N2+. The molecule has 1 rings (SSSR count). The van der Waals surface area contributed by atoms with Gasteiger partial charge in [0, 0.05) is 12.1 Å². The van der Waals surface area contributed by atoms with Gasteiger partial charge in [0.15, 0.2) is 4.98 Å². The zero-order valence-electron chi connectivity index (χ0n) is 6.78. The number of nitrogens with zero attached hydrogens (tertiary/aromatic N) is 2. The Kier molecular flexibility index (Phi) is 2.22. The average Bonchev–Trinajstić information content (AvgIpc) is 2.05. The van der Waals surface area contributed by atoms with Crippen molar-refractivity contribution in [1.29, 1.82) is 5.39 Å². The highest BCUT2D eigenvalue weighted by atomic mass is 14.8. The van der Waals surface area contributed by atoms with E-state index in [1.54, 1.807) is 12.1 Å². The number of hydrogen-bond donors (Lipinski definition) is 0. The summed E-state index contributed by atoms with van der Waals surface area (Å²) in [4.78, 5) is 3.07. The predicted octanol–water partition coefficient (Wildman–Crippen LogP) is 3.29. The Morgan fingerprint density at radius 3 is 2.09 bits per heavy atom. The first kappa shape index (κ1) is 7.74. The fourth-order valence-corrected chi connectivity index (χ4v) is 0.926. The van der Waals surface area contributed by atoms with Gasteiger partial charge in [-0.25, -0.2) is 0 Å². The van der Waals surface area contributed by atoms with Gasteiger partial charge in [0.2, 0.25) is 5.39 Å². The standard InChI is InChI=1S/C9H11N2/c1-7(2)8-3-5-9(11-10)6-4-8/h3-7H,1-2H3/q+1. The van der Waals surface area contributed by atoms with Gasteiger partial charge in [0.05, 0.1) is 0 Å². The maximum atomic E-state index is 8.39. The van der Waals surface area contributed by atoms with Gasteiger partial charge in [-0.2, -0.15) is 0 Å². The molecule has 1 aromatic rings. The Morgan fingerprint density at radius 1 is 1.18 bits per heavy atom. The van der Waals surface area contributed by atoms with Crippen LogP contribution in [0.2, 0.25) is 0 Å². The number of diazo groups is 1. The zero-order valence-corrected chi connectivity index (χ0v) is 6.78. The lowest BCUT2D eigenvalue weighted by atomic mass is 10.0. The summed E-state index contributed by atoms with van der Waals surface area (Å²) in [6.45, 7) is 4.26. The first-order valence-electron chi connectivity index (χ1n) is 3.69. The van der Waals surface area contributed by atoms with E-state index in [1.807, 2.05) is 12.1 Å². The minimum atomic E-state index is 0.530. The Morgan fingerprint density at radius 2 is 1.73 bits per heavy atom. The second-order valence-corrected chi connectivity index (χ2v) is 2.85. The van der Waals surface area contributed by atoms with E-state index in [2.05, 4.69) is 18.8 Å². The molecule has 11 heavy (non-hydrogen) atoms. The molecule has 0 saturated carbocycles. The van der Waals surface area contributed by atoms with Gasteiger partial charge >= 0.3 is 5.69 Å². The monoisotopic (exact) mass is 147 g/mol. The summed E-state index contributed by atoms with van der Waals surface area (Å²) < 4.78 is 0. The first-order chi connectivity index (χ1) is 5.24. The van der Waals surface area contributed by atoms with Crippen LogP contribution in [0.25, 0.3) is 4.98 Å². The molecule has 0 aromatic heterocycles. The third-order valence-corrected chi connectivity index (χ3v) is 1.68. The Hall–Kier alpha value is -1.36. The van der Waals surface area contributed by atoms with Crippen molar-refractivity contribution in [3.8, 4) is 0 Å². The molecule has 0 aliphatic carbocycles. The highest BCUT2D eigenvalue weighted by Crippen LogP contribution is 2.18. The van der Waals surface area contributed by atoms with E-state index in [9.17, 15) is 0 Å². The predicted molar refractivity (Wildman–Crippen MR) is 45.3 cm³/mol. The molecule has 0 fully saturated rings. The summed E-state index contributed by atoms with van der Waals surface area (Å²) in [5.41, 5.74) is 1.87. The van der Waals surface area contributed by atoms with Crippen LogP contribution in [-0.2, 0) is 0 Å². The lowest BCUT2D eigenvalue weighted by molar-refractivity contribution is 0.867. The molecule has 2 nitrogen and oxygen atoms in total. The van der Waals surface area contributed by atoms with Crippen LogP contribution in [-0.4, -0.2) is 0 Å². The molecule has 0 aliphatic rings. The van der Waals surface area contributed by atoms with Gasteiger partial charge in [-0.3, -0.25) is 0 Å². The minimum absolute atomic E-state index is 0.530. The topological polar surface area (TPSA) is 28.1 Å². The second-order valence-electron chi connectivity index (χ2n) is 2.85. The summed E-state index contributed by atoms with van der Waals surface area (Å²) in [7, 11) is 0. The largest absolute Gasteiger partial charge is 0.385 e. The molecule has 0 unspecified atom stereocenters. The molecule has 0 aliphatic heterocycles. The summed E-state index contributed by atoms with van der Waals surface area (Å²) in [6.07, 6.45) is 0. The smallest absolute Gasteiger partial charge is 0.0587 e. The van der Waals surface area contributed by atoms with Crippen LogP contribution in [0.3, 0.4) is 0 Å². The van der Waals surface area contributed by atoms with Gasteiger partial charge in [0.1, 0.15) is 0 Å². The van der Waals surface area contributed by atoms with E-state index in [-0.39, 0.29) is 0 Å². The maximum absolute atomic E-state index is 8.39. The van der Waals surface area contributed by atoms with Crippen LogP contribution in [0.4, 0.5) is 5.69 Å². The molecule has 0 heterocycles. The number of benzene rings is 1. The van der Waals surface area contributed by atoms with Crippen molar-refractivity contribution >= 4 is 5.69 Å². The SMILES string of the molecule is CC(C)c1ccc([N+]#N)cc1. The lowest BCUT2D eigenvalue weighted by Gasteiger charge is -2.00.